The molecular weight excluding hydrogens is 220 g/mol. The summed E-state index contributed by atoms with van der Waals surface area (Å²) in [5.74, 6) is 0. The average Bonchev–Trinajstić information content (AvgIpc) is 2.17. The second kappa shape index (κ2) is 5.83. The van der Waals surface area contributed by atoms with Crippen molar-refractivity contribution in [3.8, 4) is 0 Å². The van der Waals surface area contributed by atoms with Crippen molar-refractivity contribution < 1.29 is 8.78 Å². The first kappa shape index (κ1) is 12.1. The van der Waals surface area contributed by atoms with E-state index in [1.165, 1.54) is 12.1 Å². The van der Waals surface area contributed by atoms with Crippen molar-refractivity contribution in [1.82, 2.24) is 5.32 Å². The summed E-state index contributed by atoms with van der Waals surface area (Å²) in [5.41, 5.74) is 0.852. The summed E-state index contributed by atoms with van der Waals surface area (Å²) in [6, 6.07) is 6.30. The zero-order chi connectivity index (χ0) is 11.3. The van der Waals surface area contributed by atoms with Crippen LogP contribution in [0, 0.1) is 0 Å². The molecule has 0 aliphatic heterocycles. The minimum atomic E-state index is -2.42. The lowest BCUT2D eigenvalue weighted by Crippen LogP contribution is -2.14. The molecule has 0 bridgehead atoms. The van der Waals surface area contributed by atoms with E-state index in [0.29, 0.717) is 18.1 Å². The van der Waals surface area contributed by atoms with Crippen LogP contribution in [0.5, 0.6) is 0 Å². The van der Waals surface area contributed by atoms with Gasteiger partial charge in [-0.15, -0.1) is 0 Å². The topological polar surface area (TPSA) is 12.0 Å². The summed E-state index contributed by atoms with van der Waals surface area (Å²) in [4.78, 5) is 0. The summed E-state index contributed by atoms with van der Waals surface area (Å²) < 4.78 is 24.7. The standard InChI is InChI=1S/C11H12ClF2N/c1-8(12)6-15-7-9-3-2-4-10(5-9)11(13)14/h2-5,11,15H,1,6-7H2. The van der Waals surface area contributed by atoms with Crippen molar-refractivity contribution in [2.24, 2.45) is 0 Å². The molecule has 0 atom stereocenters. The zero-order valence-electron chi connectivity index (χ0n) is 8.14. The van der Waals surface area contributed by atoms with Gasteiger partial charge in [0.25, 0.3) is 6.43 Å². The Kier molecular flexibility index (Phi) is 4.72. The van der Waals surface area contributed by atoms with E-state index in [9.17, 15) is 8.78 Å². The van der Waals surface area contributed by atoms with E-state index in [0.717, 1.165) is 5.56 Å². The first-order chi connectivity index (χ1) is 7.09. The summed E-state index contributed by atoms with van der Waals surface area (Å²) in [7, 11) is 0. The second-order valence-corrected chi connectivity index (χ2v) is 3.70. The summed E-state index contributed by atoms with van der Waals surface area (Å²) in [5, 5.41) is 3.49. The third-order valence-corrected chi connectivity index (χ3v) is 1.98. The number of hydrogen-bond acceptors (Lipinski definition) is 1. The normalized spacial score (nSPS) is 10.7. The van der Waals surface area contributed by atoms with E-state index in [1.54, 1.807) is 12.1 Å². The maximum atomic E-state index is 12.3. The van der Waals surface area contributed by atoms with Crippen LogP contribution in [-0.4, -0.2) is 6.54 Å². The number of benzene rings is 1. The molecule has 4 heteroatoms. The lowest BCUT2D eigenvalue weighted by molar-refractivity contribution is 0.151. The van der Waals surface area contributed by atoms with Crippen molar-refractivity contribution in [1.29, 1.82) is 0 Å². The molecule has 0 unspecified atom stereocenters. The second-order valence-electron chi connectivity index (χ2n) is 3.17. The molecule has 15 heavy (non-hydrogen) atoms. The Morgan fingerprint density at radius 1 is 1.47 bits per heavy atom. The molecule has 0 fully saturated rings. The summed E-state index contributed by atoms with van der Waals surface area (Å²) in [6.07, 6.45) is -2.42. The van der Waals surface area contributed by atoms with E-state index < -0.39 is 6.43 Å². The largest absolute Gasteiger partial charge is 0.308 e. The predicted octanol–water partition coefficient (Wildman–Crippen LogP) is 3.47. The van der Waals surface area contributed by atoms with Crippen LogP contribution in [0.3, 0.4) is 0 Å². The van der Waals surface area contributed by atoms with Gasteiger partial charge < -0.3 is 5.32 Å². The fraction of sp³-hybridized carbons (Fsp3) is 0.273. The number of hydrogen-bond donors (Lipinski definition) is 1. The van der Waals surface area contributed by atoms with E-state index >= 15 is 0 Å². The average molecular weight is 232 g/mol. The number of rotatable bonds is 5. The van der Waals surface area contributed by atoms with E-state index in [1.807, 2.05) is 0 Å². The highest BCUT2D eigenvalue weighted by Crippen LogP contribution is 2.19. The highest BCUT2D eigenvalue weighted by atomic mass is 35.5. The lowest BCUT2D eigenvalue weighted by atomic mass is 10.1. The first-order valence-electron chi connectivity index (χ1n) is 4.50. The van der Waals surface area contributed by atoms with Crippen molar-refractivity contribution >= 4 is 11.6 Å². The van der Waals surface area contributed by atoms with Gasteiger partial charge in [-0.1, -0.05) is 36.4 Å². The van der Waals surface area contributed by atoms with Crippen LogP contribution in [0.2, 0.25) is 0 Å². The van der Waals surface area contributed by atoms with Crippen LogP contribution < -0.4 is 5.32 Å². The first-order valence-corrected chi connectivity index (χ1v) is 4.88. The van der Waals surface area contributed by atoms with Gasteiger partial charge in [0.1, 0.15) is 0 Å². The molecule has 0 saturated carbocycles. The van der Waals surface area contributed by atoms with E-state index in [4.69, 9.17) is 11.6 Å². The molecule has 0 spiro atoms. The van der Waals surface area contributed by atoms with Crippen molar-refractivity contribution in [3.63, 3.8) is 0 Å². The molecule has 1 N–H and O–H groups in total. The fourth-order valence-electron chi connectivity index (χ4n) is 1.18. The van der Waals surface area contributed by atoms with E-state index in [-0.39, 0.29) is 5.56 Å². The molecule has 1 nitrogen and oxygen atoms in total. The van der Waals surface area contributed by atoms with E-state index in [2.05, 4.69) is 11.9 Å². The molecule has 0 radical (unpaired) electrons. The zero-order valence-corrected chi connectivity index (χ0v) is 8.90. The lowest BCUT2D eigenvalue weighted by Gasteiger charge is -2.05. The molecule has 1 aromatic carbocycles. The van der Waals surface area contributed by atoms with Crippen LogP contribution in [0.25, 0.3) is 0 Å². The van der Waals surface area contributed by atoms with Gasteiger partial charge in [0, 0.05) is 23.7 Å². The van der Waals surface area contributed by atoms with Crippen molar-refractivity contribution in [2.75, 3.05) is 6.54 Å². The summed E-state index contributed by atoms with van der Waals surface area (Å²) >= 11 is 5.55. The molecule has 1 aromatic rings. The Bertz CT molecular complexity index is 339. The molecule has 0 aliphatic carbocycles. The van der Waals surface area contributed by atoms with Crippen LogP contribution >= 0.6 is 11.6 Å². The van der Waals surface area contributed by atoms with Crippen LogP contribution in [0.1, 0.15) is 17.6 Å². The Balaban J connectivity index is 2.54. The monoisotopic (exact) mass is 231 g/mol. The minimum absolute atomic E-state index is 0.0407. The minimum Gasteiger partial charge on any atom is -0.308 e. The van der Waals surface area contributed by atoms with Gasteiger partial charge in [-0.05, 0) is 11.6 Å². The SMILES string of the molecule is C=C(Cl)CNCc1cccc(C(F)F)c1. The van der Waals surface area contributed by atoms with Gasteiger partial charge in [0.2, 0.25) is 0 Å². The van der Waals surface area contributed by atoms with Gasteiger partial charge >= 0.3 is 0 Å². The van der Waals surface area contributed by atoms with Gasteiger partial charge in [-0.2, -0.15) is 0 Å². The highest BCUT2D eigenvalue weighted by Gasteiger charge is 2.06. The van der Waals surface area contributed by atoms with Crippen LogP contribution in [0.15, 0.2) is 35.9 Å². The van der Waals surface area contributed by atoms with Crippen molar-refractivity contribution in [2.45, 2.75) is 13.0 Å². The fourth-order valence-corrected chi connectivity index (χ4v) is 1.28. The van der Waals surface area contributed by atoms with Gasteiger partial charge in [0.15, 0.2) is 0 Å². The third kappa shape index (κ3) is 4.40. The molecule has 0 amide bonds. The van der Waals surface area contributed by atoms with Crippen LogP contribution in [-0.2, 0) is 6.54 Å². The maximum Gasteiger partial charge on any atom is 0.263 e. The Hall–Kier alpha value is -0.930. The smallest absolute Gasteiger partial charge is 0.263 e. The Morgan fingerprint density at radius 2 is 2.20 bits per heavy atom. The third-order valence-electron chi connectivity index (χ3n) is 1.85. The molecule has 1 rings (SSSR count). The maximum absolute atomic E-state index is 12.3. The highest BCUT2D eigenvalue weighted by molar-refractivity contribution is 6.29. The summed E-state index contributed by atoms with van der Waals surface area (Å²) in [6.45, 7) is 4.49. The molecule has 0 aliphatic rings. The molecule has 82 valence electrons. The van der Waals surface area contributed by atoms with Crippen LogP contribution in [0.4, 0.5) is 8.78 Å². The quantitative estimate of drug-likeness (QED) is 0.818. The molecular formula is C11H12ClF2N. The van der Waals surface area contributed by atoms with Gasteiger partial charge in [-0.3, -0.25) is 0 Å². The molecule has 0 heterocycles. The Morgan fingerprint density at radius 3 is 2.80 bits per heavy atom. The number of alkyl halides is 2. The van der Waals surface area contributed by atoms with Gasteiger partial charge in [0.05, 0.1) is 0 Å². The predicted molar refractivity (Wildman–Crippen MR) is 58.1 cm³/mol. The van der Waals surface area contributed by atoms with Crippen molar-refractivity contribution in [3.05, 3.63) is 47.0 Å². The Labute approximate surface area is 92.8 Å². The molecule has 0 saturated heterocycles. The number of halogens is 3. The number of nitrogens with one attached hydrogen (secondary N) is 1. The molecule has 0 aromatic heterocycles. The van der Waals surface area contributed by atoms with Gasteiger partial charge in [-0.25, -0.2) is 8.78 Å².